The van der Waals surface area contributed by atoms with Gasteiger partial charge in [0.25, 0.3) is 5.91 Å². The molecule has 0 saturated heterocycles. The van der Waals surface area contributed by atoms with Crippen LogP contribution in [0.1, 0.15) is 10.4 Å². The highest BCUT2D eigenvalue weighted by atomic mass is 79.9. The number of hydrogen-bond donors (Lipinski definition) is 2. The molecule has 0 aliphatic rings. The number of aromatic nitrogens is 2. The minimum Gasteiger partial charge on any atom is -0.320 e. The molecule has 0 aliphatic carbocycles. The van der Waals surface area contributed by atoms with Gasteiger partial charge in [0, 0.05) is 15.4 Å². The lowest BCUT2D eigenvalue weighted by atomic mass is 10.2. The molecule has 0 saturated carbocycles. The number of anilines is 1. The summed E-state index contributed by atoms with van der Waals surface area (Å²) in [5, 5.41) is 11.2. The van der Waals surface area contributed by atoms with Gasteiger partial charge in [-0.15, -0.1) is 0 Å². The summed E-state index contributed by atoms with van der Waals surface area (Å²) in [6, 6.07) is 10.7. The van der Waals surface area contributed by atoms with E-state index in [1.165, 1.54) is 0 Å². The second kappa shape index (κ2) is 5.26. The maximum atomic E-state index is 12.2. The van der Waals surface area contributed by atoms with E-state index in [0.717, 1.165) is 10.9 Å². The Morgan fingerprint density at radius 2 is 2.15 bits per heavy atom. The van der Waals surface area contributed by atoms with Crippen molar-refractivity contribution in [1.82, 2.24) is 10.2 Å². The largest absolute Gasteiger partial charge is 0.320 e. The fourth-order valence-electron chi connectivity index (χ4n) is 1.90. The van der Waals surface area contributed by atoms with E-state index >= 15 is 0 Å². The molecule has 0 unspecified atom stereocenters. The van der Waals surface area contributed by atoms with Crippen LogP contribution in [0.4, 0.5) is 5.69 Å². The molecule has 0 fully saturated rings. The van der Waals surface area contributed by atoms with Gasteiger partial charge in [0.15, 0.2) is 0 Å². The Labute approximate surface area is 128 Å². The van der Waals surface area contributed by atoms with Crippen molar-refractivity contribution < 1.29 is 4.79 Å². The van der Waals surface area contributed by atoms with Crippen LogP contribution in [0.3, 0.4) is 0 Å². The van der Waals surface area contributed by atoms with Crippen LogP contribution >= 0.6 is 27.5 Å². The fourth-order valence-corrected chi connectivity index (χ4v) is 2.40. The standard InChI is InChI=1S/C14H9BrClN3O/c15-10-6-8(4-5-11(10)16)14(20)18-12-3-1-2-9-7-17-19-13(9)12/h1-7H,(H,17,19)(H,18,20). The summed E-state index contributed by atoms with van der Waals surface area (Å²) in [6.07, 6.45) is 1.71. The number of amides is 1. The predicted molar refractivity (Wildman–Crippen MR) is 83.2 cm³/mol. The number of nitrogens with zero attached hydrogens (tertiary/aromatic N) is 1. The van der Waals surface area contributed by atoms with E-state index < -0.39 is 0 Å². The number of aromatic amines is 1. The number of nitrogens with one attached hydrogen (secondary N) is 2. The van der Waals surface area contributed by atoms with Crippen LogP contribution in [-0.2, 0) is 0 Å². The number of fused-ring (bicyclic) bond motifs is 1. The maximum Gasteiger partial charge on any atom is 0.255 e. The molecule has 1 amide bonds. The van der Waals surface area contributed by atoms with Crippen LogP contribution in [0.5, 0.6) is 0 Å². The van der Waals surface area contributed by atoms with Crippen LogP contribution in [-0.4, -0.2) is 16.1 Å². The first-order valence-electron chi connectivity index (χ1n) is 5.83. The summed E-state index contributed by atoms with van der Waals surface area (Å²) in [5.41, 5.74) is 2.02. The van der Waals surface area contributed by atoms with Crippen molar-refractivity contribution in [3.63, 3.8) is 0 Å². The van der Waals surface area contributed by atoms with E-state index in [1.807, 2.05) is 18.2 Å². The molecule has 2 aromatic carbocycles. The minimum atomic E-state index is -0.204. The highest BCUT2D eigenvalue weighted by molar-refractivity contribution is 9.10. The summed E-state index contributed by atoms with van der Waals surface area (Å²) in [4.78, 5) is 12.2. The van der Waals surface area contributed by atoms with Crippen molar-refractivity contribution in [3.05, 3.63) is 57.7 Å². The first-order chi connectivity index (χ1) is 9.65. The third-order valence-corrected chi connectivity index (χ3v) is 4.12. The molecular weight excluding hydrogens is 342 g/mol. The second-order valence-electron chi connectivity index (χ2n) is 4.22. The molecule has 1 heterocycles. The van der Waals surface area contributed by atoms with Gasteiger partial charge in [0.2, 0.25) is 0 Å². The van der Waals surface area contributed by atoms with Crippen molar-refractivity contribution in [2.24, 2.45) is 0 Å². The summed E-state index contributed by atoms with van der Waals surface area (Å²) in [6.45, 7) is 0. The topological polar surface area (TPSA) is 57.8 Å². The normalized spacial score (nSPS) is 10.7. The maximum absolute atomic E-state index is 12.2. The van der Waals surface area contributed by atoms with Crippen molar-refractivity contribution in [2.45, 2.75) is 0 Å². The Bertz CT molecular complexity index is 800. The molecule has 2 N–H and O–H groups in total. The van der Waals surface area contributed by atoms with Crippen molar-refractivity contribution in [3.8, 4) is 0 Å². The average molecular weight is 351 g/mol. The Balaban J connectivity index is 1.92. The summed E-state index contributed by atoms with van der Waals surface area (Å²) < 4.78 is 0.687. The highest BCUT2D eigenvalue weighted by Crippen LogP contribution is 2.25. The molecule has 0 radical (unpaired) electrons. The monoisotopic (exact) mass is 349 g/mol. The molecule has 3 aromatic rings. The number of para-hydroxylation sites is 1. The van der Waals surface area contributed by atoms with Gasteiger partial charge in [-0.2, -0.15) is 5.10 Å². The summed E-state index contributed by atoms with van der Waals surface area (Å²) in [5.74, 6) is -0.204. The van der Waals surface area contributed by atoms with Crippen molar-refractivity contribution in [1.29, 1.82) is 0 Å². The van der Waals surface area contributed by atoms with Gasteiger partial charge in [-0.05, 0) is 40.2 Å². The zero-order valence-corrected chi connectivity index (χ0v) is 12.5. The molecule has 0 spiro atoms. The zero-order chi connectivity index (χ0) is 14.1. The second-order valence-corrected chi connectivity index (χ2v) is 5.48. The Morgan fingerprint density at radius 3 is 2.95 bits per heavy atom. The number of carbonyl (C=O) groups is 1. The van der Waals surface area contributed by atoms with E-state index in [-0.39, 0.29) is 5.91 Å². The lowest BCUT2D eigenvalue weighted by Gasteiger charge is -2.07. The van der Waals surface area contributed by atoms with E-state index in [0.29, 0.717) is 20.7 Å². The van der Waals surface area contributed by atoms with E-state index in [1.54, 1.807) is 24.4 Å². The lowest BCUT2D eigenvalue weighted by Crippen LogP contribution is -2.12. The molecule has 0 aliphatic heterocycles. The Kier molecular flexibility index (Phi) is 3.46. The third kappa shape index (κ3) is 2.42. The Morgan fingerprint density at radius 1 is 1.30 bits per heavy atom. The van der Waals surface area contributed by atoms with Gasteiger partial charge in [-0.3, -0.25) is 9.89 Å². The highest BCUT2D eigenvalue weighted by Gasteiger charge is 2.10. The summed E-state index contributed by atoms with van der Waals surface area (Å²) in [7, 11) is 0. The molecule has 3 rings (SSSR count). The molecule has 4 nitrogen and oxygen atoms in total. The van der Waals surface area contributed by atoms with Gasteiger partial charge in [0.1, 0.15) is 0 Å². The van der Waals surface area contributed by atoms with Crippen LogP contribution in [0.15, 0.2) is 47.1 Å². The van der Waals surface area contributed by atoms with Crippen LogP contribution in [0.25, 0.3) is 10.9 Å². The van der Waals surface area contributed by atoms with E-state index in [9.17, 15) is 4.79 Å². The lowest BCUT2D eigenvalue weighted by molar-refractivity contribution is 0.102. The molecule has 1 aromatic heterocycles. The van der Waals surface area contributed by atoms with Crippen molar-refractivity contribution >= 4 is 50.0 Å². The van der Waals surface area contributed by atoms with E-state index in [2.05, 4.69) is 31.4 Å². The van der Waals surface area contributed by atoms with Crippen LogP contribution in [0.2, 0.25) is 5.02 Å². The number of rotatable bonds is 2. The smallest absolute Gasteiger partial charge is 0.255 e. The SMILES string of the molecule is O=C(Nc1cccc2cn[nH]c12)c1ccc(Cl)c(Br)c1. The molecule has 6 heteroatoms. The number of benzene rings is 2. The van der Waals surface area contributed by atoms with Gasteiger partial charge < -0.3 is 5.32 Å². The number of halogens is 2. The number of H-pyrrole nitrogens is 1. The van der Waals surface area contributed by atoms with Crippen LogP contribution < -0.4 is 5.32 Å². The molecule has 0 bridgehead atoms. The number of hydrogen-bond acceptors (Lipinski definition) is 2. The van der Waals surface area contributed by atoms with Gasteiger partial charge in [0.05, 0.1) is 22.4 Å². The van der Waals surface area contributed by atoms with Crippen molar-refractivity contribution in [2.75, 3.05) is 5.32 Å². The van der Waals surface area contributed by atoms with E-state index in [4.69, 9.17) is 11.6 Å². The Hall–Kier alpha value is -1.85. The first-order valence-corrected chi connectivity index (χ1v) is 7.01. The quantitative estimate of drug-likeness (QED) is 0.726. The van der Waals surface area contributed by atoms with Gasteiger partial charge in [-0.1, -0.05) is 23.7 Å². The molecule has 20 heavy (non-hydrogen) atoms. The zero-order valence-electron chi connectivity index (χ0n) is 10.2. The third-order valence-electron chi connectivity index (χ3n) is 2.91. The minimum absolute atomic E-state index is 0.204. The van der Waals surface area contributed by atoms with Gasteiger partial charge >= 0.3 is 0 Å². The average Bonchev–Trinajstić information content (AvgIpc) is 2.91. The van der Waals surface area contributed by atoms with Crippen LogP contribution in [0, 0.1) is 0 Å². The fraction of sp³-hybridized carbons (Fsp3) is 0. The predicted octanol–water partition coefficient (Wildman–Crippen LogP) is 4.23. The summed E-state index contributed by atoms with van der Waals surface area (Å²) >= 11 is 9.22. The molecule has 0 atom stereocenters. The molecular formula is C14H9BrClN3O. The van der Waals surface area contributed by atoms with Gasteiger partial charge in [-0.25, -0.2) is 0 Å². The first kappa shape index (κ1) is 13.1. The molecule has 100 valence electrons. The number of carbonyl (C=O) groups excluding carboxylic acids is 1.